The van der Waals surface area contributed by atoms with E-state index in [1.54, 1.807) is 24.5 Å². The van der Waals surface area contributed by atoms with E-state index in [1.807, 2.05) is 18.2 Å². The van der Waals surface area contributed by atoms with Crippen LogP contribution in [0, 0.1) is 0 Å². The molecule has 2 aromatic heterocycles. The van der Waals surface area contributed by atoms with Gasteiger partial charge < -0.3 is 9.73 Å². The molecule has 0 fully saturated rings. The van der Waals surface area contributed by atoms with E-state index in [1.165, 1.54) is 5.56 Å². The maximum Gasteiger partial charge on any atom is 0.293 e. The Hall–Kier alpha value is -2.73. The third kappa shape index (κ3) is 4.08. The number of nitrogens with one attached hydrogen (secondary N) is 2. The number of fused-ring (bicyclic) bond motifs is 1. The van der Waals surface area contributed by atoms with Gasteiger partial charge in [0.1, 0.15) is 0 Å². The fraction of sp³-hybridized carbons (Fsp3) is 0.250. The van der Waals surface area contributed by atoms with E-state index in [0.717, 1.165) is 23.9 Å². The molecule has 0 aliphatic carbocycles. The van der Waals surface area contributed by atoms with Gasteiger partial charge in [-0.15, -0.1) is 0 Å². The lowest BCUT2D eigenvalue weighted by atomic mass is 9.95. The van der Waals surface area contributed by atoms with Crippen LogP contribution in [-0.2, 0) is 0 Å². The summed E-state index contributed by atoms with van der Waals surface area (Å²) < 4.78 is 5.51. The Kier molecular flexibility index (Phi) is 5.63. The number of carbonyl (C=O) groups excluding carboxylic acids is 1. The third-order valence-electron chi connectivity index (χ3n) is 4.24. The van der Waals surface area contributed by atoms with Crippen molar-refractivity contribution in [2.45, 2.75) is 32.6 Å². The van der Waals surface area contributed by atoms with Gasteiger partial charge in [0.15, 0.2) is 16.5 Å². The number of nitrogens with zero attached hydrogens (tertiary/aromatic N) is 1. The molecule has 6 heteroatoms. The molecular formula is C20H21N3O2S. The van der Waals surface area contributed by atoms with Gasteiger partial charge in [-0.1, -0.05) is 38.5 Å². The van der Waals surface area contributed by atoms with E-state index in [4.69, 9.17) is 16.6 Å². The highest BCUT2D eigenvalue weighted by Gasteiger charge is 2.15. The van der Waals surface area contributed by atoms with Gasteiger partial charge in [0, 0.05) is 17.3 Å². The second-order valence-electron chi connectivity index (χ2n) is 6.21. The molecule has 1 amide bonds. The van der Waals surface area contributed by atoms with E-state index in [9.17, 15) is 4.79 Å². The normalized spacial score (nSPS) is 11.9. The summed E-state index contributed by atoms with van der Waals surface area (Å²) in [7, 11) is 0. The summed E-state index contributed by atoms with van der Waals surface area (Å²) in [6.45, 7) is 4.36. The van der Waals surface area contributed by atoms with Gasteiger partial charge in [0.05, 0.1) is 6.20 Å². The molecule has 26 heavy (non-hydrogen) atoms. The highest BCUT2D eigenvalue weighted by molar-refractivity contribution is 7.80. The summed E-state index contributed by atoms with van der Waals surface area (Å²) in [6.07, 6.45) is 5.43. The Morgan fingerprint density at radius 2 is 2.12 bits per heavy atom. The smallest absolute Gasteiger partial charge is 0.293 e. The van der Waals surface area contributed by atoms with Crippen LogP contribution in [-0.4, -0.2) is 16.0 Å². The predicted octanol–water partition coefficient (Wildman–Crippen LogP) is 4.86. The molecule has 0 aliphatic heterocycles. The molecule has 0 saturated carbocycles. The molecule has 1 atom stereocenters. The molecule has 3 aromatic rings. The van der Waals surface area contributed by atoms with Crippen LogP contribution in [0.3, 0.4) is 0 Å². The van der Waals surface area contributed by atoms with Gasteiger partial charge in [0.25, 0.3) is 5.91 Å². The van der Waals surface area contributed by atoms with Crippen molar-refractivity contribution < 1.29 is 9.21 Å². The topological polar surface area (TPSA) is 67.2 Å². The molecule has 1 aromatic carbocycles. The SMILES string of the molecule is CCCC(C)c1ccccc1NC(=S)NC(=O)c1cc2ccncc2o1. The minimum absolute atomic E-state index is 0.199. The van der Waals surface area contributed by atoms with Crippen LogP contribution >= 0.6 is 12.2 Å². The fourth-order valence-electron chi connectivity index (χ4n) is 2.94. The van der Waals surface area contributed by atoms with Crippen molar-refractivity contribution in [1.29, 1.82) is 0 Å². The number of thiocarbonyl (C=S) groups is 1. The van der Waals surface area contributed by atoms with Crippen LogP contribution in [0.4, 0.5) is 5.69 Å². The molecule has 3 rings (SSSR count). The van der Waals surface area contributed by atoms with Crippen molar-refractivity contribution in [3.05, 3.63) is 60.1 Å². The lowest BCUT2D eigenvalue weighted by molar-refractivity contribution is 0.0953. The molecule has 1 unspecified atom stereocenters. The molecule has 0 bridgehead atoms. The van der Waals surface area contributed by atoms with E-state index in [0.29, 0.717) is 11.5 Å². The Balaban J connectivity index is 1.70. The van der Waals surface area contributed by atoms with E-state index in [2.05, 4.69) is 35.5 Å². The van der Waals surface area contributed by atoms with Gasteiger partial charge in [-0.3, -0.25) is 15.1 Å². The summed E-state index contributed by atoms with van der Waals surface area (Å²) in [5.74, 6) is 0.215. The second kappa shape index (κ2) is 8.10. The molecule has 134 valence electrons. The van der Waals surface area contributed by atoms with Crippen LogP contribution in [0.2, 0.25) is 0 Å². The highest BCUT2D eigenvalue weighted by Crippen LogP contribution is 2.27. The lowest BCUT2D eigenvalue weighted by Crippen LogP contribution is -2.34. The number of pyridine rings is 1. The number of para-hydroxylation sites is 1. The van der Waals surface area contributed by atoms with Crippen molar-refractivity contribution in [2.24, 2.45) is 0 Å². The average molecular weight is 367 g/mol. The molecular weight excluding hydrogens is 346 g/mol. The first-order valence-electron chi connectivity index (χ1n) is 8.63. The van der Waals surface area contributed by atoms with Crippen molar-refractivity contribution >= 4 is 39.9 Å². The minimum atomic E-state index is -0.391. The number of carbonyl (C=O) groups is 1. The average Bonchev–Trinajstić information content (AvgIpc) is 3.06. The van der Waals surface area contributed by atoms with Crippen molar-refractivity contribution in [1.82, 2.24) is 10.3 Å². The summed E-state index contributed by atoms with van der Waals surface area (Å²) in [4.78, 5) is 16.4. The zero-order valence-corrected chi connectivity index (χ0v) is 15.6. The van der Waals surface area contributed by atoms with Crippen LogP contribution in [0.5, 0.6) is 0 Å². The fourth-order valence-corrected chi connectivity index (χ4v) is 3.15. The summed E-state index contributed by atoms with van der Waals surface area (Å²) in [5, 5.41) is 6.86. The largest absolute Gasteiger partial charge is 0.449 e. The number of benzene rings is 1. The molecule has 5 nitrogen and oxygen atoms in total. The van der Waals surface area contributed by atoms with Crippen LogP contribution in [0.25, 0.3) is 11.0 Å². The van der Waals surface area contributed by atoms with Crippen molar-refractivity contribution in [2.75, 3.05) is 5.32 Å². The molecule has 0 spiro atoms. The molecule has 2 heterocycles. The first kappa shape index (κ1) is 18.1. The first-order chi connectivity index (χ1) is 12.6. The van der Waals surface area contributed by atoms with E-state index < -0.39 is 5.91 Å². The van der Waals surface area contributed by atoms with Gasteiger partial charge in [-0.05, 0) is 48.3 Å². The highest BCUT2D eigenvalue weighted by atomic mass is 32.1. The molecule has 0 aliphatic rings. The Morgan fingerprint density at radius 3 is 2.88 bits per heavy atom. The Bertz CT molecular complexity index is 902. The van der Waals surface area contributed by atoms with Crippen LogP contribution in [0.15, 0.2) is 53.2 Å². The third-order valence-corrected chi connectivity index (χ3v) is 4.44. The quantitative estimate of drug-likeness (QED) is 0.631. The molecule has 0 saturated heterocycles. The molecule has 2 N–H and O–H groups in total. The number of anilines is 1. The van der Waals surface area contributed by atoms with Gasteiger partial charge in [-0.2, -0.15) is 0 Å². The first-order valence-corrected chi connectivity index (χ1v) is 9.04. The Labute approximate surface area is 157 Å². The van der Waals surface area contributed by atoms with Crippen molar-refractivity contribution in [3.63, 3.8) is 0 Å². The van der Waals surface area contributed by atoms with Crippen LogP contribution in [0.1, 0.15) is 48.7 Å². The summed E-state index contributed by atoms with van der Waals surface area (Å²) in [5.41, 5.74) is 2.66. The summed E-state index contributed by atoms with van der Waals surface area (Å²) >= 11 is 5.31. The van der Waals surface area contributed by atoms with E-state index >= 15 is 0 Å². The number of amides is 1. The maximum atomic E-state index is 12.4. The Morgan fingerprint density at radius 1 is 1.31 bits per heavy atom. The minimum Gasteiger partial charge on any atom is -0.449 e. The van der Waals surface area contributed by atoms with Gasteiger partial charge in [-0.25, -0.2) is 0 Å². The zero-order chi connectivity index (χ0) is 18.5. The lowest BCUT2D eigenvalue weighted by Gasteiger charge is -2.17. The number of aromatic nitrogens is 1. The number of rotatable bonds is 5. The van der Waals surface area contributed by atoms with Gasteiger partial charge >= 0.3 is 0 Å². The number of furan rings is 1. The standard InChI is InChI=1S/C20H21N3O2S/c1-3-6-13(2)15-7-4-5-8-16(15)22-20(26)23-19(24)17-11-14-9-10-21-12-18(14)25-17/h4-5,7-13H,3,6H2,1-2H3,(H2,22,23,24,26). The zero-order valence-electron chi connectivity index (χ0n) is 14.8. The number of hydrogen-bond acceptors (Lipinski definition) is 4. The predicted molar refractivity (Wildman–Crippen MR) is 107 cm³/mol. The second-order valence-corrected chi connectivity index (χ2v) is 6.62. The van der Waals surface area contributed by atoms with Gasteiger partial charge in [0.2, 0.25) is 0 Å². The number of hydrogen-bond donors (Lipinski definition) is 2. The monoisotopic (exact) mass is 367 g/mol. The van der Waals surface area contributed by atoms with E-state index in [-0.39, 0.29) is 10.9 Å². The van der Waals surface area contributed by atoms with Crippen LogP contribution < -0.4 is 10.6 Å². The molecule has 0 radical (unpaired) electrons. The van der Waals surface area contributed by atoms with Crippen molar-refractivity contribution in [3.8, 4) is 0 Å². The maximum absolute atomic E-state index is 12.4. The summed E-state index contributed by atoms with van der Waals surface area (Å²) in [6, 6.07) is 11.5.